The van der Waals surface area contributed by atoms with Crippen molar-refractivity contribution in [3.63, 3.8) is 0 Å². The molecule has 4 nitrogen and oxygen atoms in total. The Morgan fingerprint density at radius 2 is 0.613 bits per heavy atom. The molecule has 31 heavy (non-hydrogen) atoms. The molecule has 4 aromatic carbocycles. The molecule has 0 saturated heterocycles. The largest absolute Gasteiger partial charge is 0.456 e. The number of hydrogen-bond acceptors (Lipinski definition) is 4. The van der Waals surface area contributed by atoms with Crippen LogP contribution in [0.15, 0.2) is 115 Å². The Hall–Kier alpha value is -3.66. The fourth-order valence-corrected chi connectivity index (χ4v) is 3.50. The summed E-state index contributed by atoms with van der Waals surface area (Å²) < 4.78 is 11.3. The van der Waals surface area contributed by atoms with Crippen LogP contribution in [0.1, 0.15) is 0 Å². The Morgan fingerprint density at radius 3 is 0.871 bits per heavy atom. The molecular formula is C26H16O4Se. The normalized spacial score (nSPS) is 10.6. The standard InChI is InChI=1S/2C13H8O2.Se/c2*14-13-9-5-1-3-7-11(9)15-12-8-4-2-6-10(12)13;/h2*1-8H;. The first-order chi connectivity index (χ1) is 14.7. The average molecular weight is 471 g/mol. The quantitative estimate of drug-likeness (QED) is 0.217. The number of hydrogen-bond donors (Lipinski definition) is 0. The molecule has 0 unspecified atom stereocenters. The summed E-state index contributed by atoms with van der Waals surface area (Å²) in [7, 11) is 0. The van der Waals surface area contributed by atoms with Gasteiger partial charge in [-0.3, -0.25) is 9.59 Å². The van der Waals surface area contributed by atoms with Gasteiger partial charge in [-0.15, -0.1) is 0 Å². The molecule has 0 amide bonds. The van der Waals surface area contributed by atoms with Crippen LogP contribution in [-0.4, -0.2) is 17.1 Å². The van der Waals surface area contributed by atoms with Crippen molar-refractivity contribution < 1.29 is 8.83 Å². The van der Waals surface area contributed by atoms with E-state index in [2.05, 4.69) is 0 Å². The van der Waals surface area contributed by atoms with Gasteiger partial charge in [0.05, 0.1) is 21.5 Å². The van der Waals surface area contributed by atoms with Crippen molar-refractivity contribution >= 4 is 60.9 Å². The fourth-order valence-electron chi connectivity index (χ4n) is 3.50. The molecule has 0 atom stereocenters. The van der Waals surface area contributed by atoms with Gasteiger partial charge in [0, 0.05) is 17.1 Å². The minimum atomic E-state index is 0. The van der Waals surface area contributed by atoms with Gasteiger partial charge in [0.15, 0.2) is 0 Å². The van der Waals surface area contributed by atoms with Crippen LogP contribution >= 0.6 is 0 Å². The molecule has 5 heteroatoms. The van der Waals surface area contributed by atoms with E-state index in [0.29, 0.717) is 43.9 Å². The molecule has 0 N–H and O–H groups in total. The minimum Gasteiger partial charge on any atom is -0.456 e. The third kappa shape index (κ3) is 3.77. The average Bonchev–Trinajstić information content (AvgIpc) is 2.80. The van der Waals surface area contributed by atoms with Gasteiger partial charge in [0.1, 0.15) is 22.3 Å². The molecule has 0 bridgehead atoms. The van der Waals surface area contributed by atoms with Gasteiger partial charge in [-0.2, -0.15) is 0 Å². The SMILES string of the molecule is O=c1c2ccccc2oc2ccccc12.O=c1c2ccccc2oc2ccccc12.[Se]. The maximum Gasteiger partial charge on any atom is 0.200 e. The van der Waals surface area contributed by atoms with E-state index >= 15 is 0 Å². The van der Waals surface area contributed by atoms with E-state index in [0.717, 1.165) is 0 Å². The maximum atomic E-state index is 12.0. The molecule has 2 radical (unpaired) electrons. The fraction of sp³-hybridized carbons (Fsp3) is 0. The Labute approximate surface area is 187 Å². The molecular weight excluding hydrogens is 455 g/mol. The van der Waals surface area contributed by atoms with E-state index in [1.54, 1.807) is 24.3 Å². The predicted molar refractivity (Wildman–Crippen MR) is 126 cm³/mol. The zero-order valence-corrected chi connectivity index (χ0v) is 18.0. The number of benzene rings is 4. The summed E-state index contributed by atoms with van der Waals surface area (Å²) in [6, 6.07) is 29.2. The van der Waals surface area contributed by atoms with Crippen LogP contribution in [0.25, 0.3) is 43.9 Å². The summed E-state index contributed by atoms with van der Waals surface area (Å²) in [4.78, 5) is 24.1. The smallest absolute Gasteiger partial charge is 0.200 e. The first kappa shape index (κ1) is 20.6. The minimum absolute atomic E-state index is 0. The van der Waals surface area contributed by atoms with E-state index in [1.165, 1.54) is 0 Å². The van der Waals surface area contributed by atoms with Gasteiger partial charge in [-0.1, -0.05) is 48.5 Å². The van der Waals surface area contributed by atoms with Crippen molar-refractivity contribution in [3.8, 4) is 0 Å². The Morgan fingerprint density at radius 1 is 0.387 bits per heavy atom. The number of fused-ring (bicyclic) bond motifs is 4. The van der Waals surface area contributed by atoms with E-state index in [1.807, 2.05) is 72.8 Å². The van der Waals surface area contributed by atoms with Crippen molar-refractivity contribution in [1.29, 1.82) is 0 Å². The second-order valence-electron chi connectivity index (χ2n) is 6.85. The Kier molecular flexibility index (Phi) is 5.72. The summed E-state index contributed by atoms with van der Waals surface area (Å²) in [5, 5.41) is 2.54. The molecule has 0 aliphatic carbocycles. The van der Waals surface area contributed by atoms with Crippen molar-refractivity contribution in [2.75, 3.05) is 0 Å². The third-order valence-corrected chi connectivity index (χ3v) is 4.97. The zero-order chi connectivity index (χ0) is 20.5. The Bertz CT molecular complexity index is 1410. The van der Waals surface area contributed by atoms with Crippen molar-refractivity contribution in [1.82, 2.24) is 0 Å². The molecule has 6 aromatic rings. The molecule has 2 heterocycles. The van der Waals surface area contributed by atoms with Gasteiger partial charge >= 0.3 is 0 Å². The summed E-state index contributed by atoms with van der Waals surface area (Å²) in [5.41, 5.74) is 2.63. The first-order valence-electron chi connectivity index (χ1n) is 9.53. The maximum absolute atomic E-state index is 12.0. The Balaban J connectivity index is 0.000000144. The van der Waals surface area contributed by atoms with Crippen LogP contribution in [0, 0.1) is 0 Å². The van der Waals surface area contributed by atoms with Crippen molar-refractivity contribution in [2.45, 2.75) is 0 Å². The van der Waals surface area contributed by atoms with Crippen molar-refractivity contribution in [2.24, 2.45) is 0 Å². The van der Waals surface area contributed by atoms with E-state index in [4.69, 9.17) is 8.83 Å². The summed E-state index contributed by atoms with van der Waals surface area (Å²) in [6.45, 7) is 0. The number of para-hydroxylation sites is 4. The van der Waals surface area contributed by atoms with Crippen molar-refractivity contribution in [3.05, 3.63) is 118 Å². The molecule has 0 fully saturated rings. The van der Waals surface area contributed by atoms with E-state index in [9.17, 15) is 9.59 Å². The molecule has 0 aliphatic rings. The van der Waals surface area contributed by atoms with Gasteiger partial charge in [0.25, 0.3) is 0 Å². The number of rotatable bonds is 0. The summed E-state index contributed by atoms with van der Waals surface area (Å²) >= 11 is 0. The predicted octanol–water partition coefficient (Wildman–Crippen LogP) is 5.51. The molecule has 6 rings (SSSR count). The monoisotopic (exact) mass is 472 g/mol. The van der Waals surface area contributed by atoms with Gasteiger partial charge in [-0.25, -0.2) is 0 Å². The van der Waals surface area contributed by atoms with E-state index < -0.39 is 0 Å². The van der Waals surface area contributed by atoms with Crippen LogP contribution in [-0.2, 0) is 0 Å². The van der Waals surface area contributed by atoms with Gasteiger partial charge < -0.3 is 8.83 Å². The summed E-state index contributed by atoms with van der Waals surface area (Å²) in [6.07, 6.45) is 0. The van der Waals surface area contributed by atoms with Crippen LogP contribution in [0.4, 0.5) is 0 Å². The van der Waals surface area contributed by atoms with Crippen LogP contribution in [0.2, 0.25) is 0 Å². The molecule has 0 spiro atoms. The second-order valence-corrected chi connectivity index (χ2v) is 6.85. The van der Waals surface area contributed by atoms with Crippen LogP contribution in [0.5, 0.6) is 0 Å². The molecule has 150 valence electrons. The topological polar surface area (TPSA) is 60.4 Å². The van der Waals surface area contributed by atoms with E-state index in [-0.39, 0.29) is 27.9 Å². The van der Waals surface area contributed by atoms with Gasteiger partial charge in [-0.05, 0) is 48.5 Å². The molecule has 0 saturated carbocycles. The van der Waals surface area contributed by atoms with Crippen LogP contribution in [0.3, 0.4) is 0 Å². The molecule has 2 aromatic heterocycles. The first-order valence-corrected chi connectivity index (χ1v) is 9.53. The zero-order valence-electron chi connectivity index (χ0n) is 16.3. The third-order valence-electron chi connectivity index (χ3n) is 4.97. The van der Waals surface area contributed by atoms with Crippen LogP contribution < -0.4 is 10.9 Å². The summed E-state index contributed by atoms with van der Waals surface area (Å²) in [5.74, 6) is 0. The second kappa shape index (κ2) is 8.60. The molecule has 0 aliphatic heterocycles. The van der Waals surface area contributed by atoms with Gasteiger partial charge in [0.2, 0.25) is 10.9 Å².